The average molecular weight is 348 g/mol. The number of hydrogen-bond donors (Lipinski definition) is 1. The first-order valence-electron chi connectivity index (χ1n) is 9.74. The van der Waals surface area contributed by atoms with Crippen LogP contribution in [0.4, 0.5) is 0 Å². The number of aromatic amines is 1. The molecular weight excluding hydrogens is 320 g/mol. The summed E-state index contributed by atoms with van der Waals surface area (Å²) in [7, 11) is 0. The van der Waals surface area contributed by atoms with Crippen LogP contribution < -0.4 is 0 Å². The Bertz CT molecular complexity index is 888. The van der Waals surface area contributed by atoms with Crippen molar-refractivity contribution in [3.05, 3.63) is 64.0 Å². The molecule has 0 spiro atoms. The van der Waals surface area contributed by atoms with Crippen LogP contribution in [0.25, 0.3) is 0 Å². The van der Waals surface area contributed by atoms with E-state index >= 15 is 0 Å². The molecule has 4 rings (SSSR count). The van der Waals surface area contributed by atoms with Gasteiger partial charge in [0.2, 0.25) is 0 Å². The van der Waals surface area contributed by atoms with Crippen LogP contribution in [0.15, 0.2) is 41.5 Å². The number of carbonyl (C=O) groups excluding carboxylic acids is 1. The molecule has 2 aromatic rings. The standard InChI is InChI=1S/C23H28N2O/c1-5-9-17-21-18(25-24-17)12-15-13-22(2,3)14-19(26)20(15)23(21,4)16-10-7-6-8-11-16/h6-8,10-11H,5,9,12-14H2,1-4H3,(H,24,25). The van der Waals surface area contributed by atoms with Gasteiger partial charge in [-0.25, -0.2) is 0 Å². The number of nitrogens with zero attached hydrogens (tertiary/aromatic N) is 1. The molecule has 0 bridgehead atoms. The Balaban J connectivity index is 2.00. The molecule has 3 nitrogen and oxygen atoms in total. The highest BCUT2D eigenvalue weighted by Crippen LogP contribution is 2.52. The third-order valence-electron chi connectivity index (χ3n) is 6.11. The highest BCUT2D eigenvalue weighted by molar-refractivity contribution is 6.01. The lowest BCUT2D eigenvalue weighted by atomic mass is 9.58. The van der Waals surface area contributed by atoms with E-state index < -0.39 is 5.41 Å². The van der Waals surface area contributed by atoms with E-state index in [1.165, 1.54) is 22.4 Å². The maximum Gasteiger partial charge on any atom is 0.160 e. The molecule has 2 aliphatic carbocycles. The van der Waals surface area contributed by atoms with Gasteiger partial charge in [-0.2, -0.15) is 5.10 Å². The van der Waals surface area contributed by atoms with E-state index in [4.69, 9.17) is 0 Å². The Morgan fingerprint density at radius 1 is 1.12 bits per heavy atom. The van der Waals surface area contributed by atoms with Crippen LogP contribution in [0.2, 0.25) is 0 Å². The number of carbonyl (C=O) groups is 1. The molecule has 0 saturated heterocycles. The van der Waals surface area contributed by atoms with Gasteiger partial charge in [-0.05, 0) is 30.7 Å². The van der Waals surface area contributed by atoms with Crippen molar-refractivity contribution in [1.29, 1.82) is 0 Å². The third kappa shape index (κ3) is 2.48. The number of nitrogens with one attached hydrogen (secondary N) is 1. The van der Waals surface area contributed by atoms with Crippen molar-refractivity contribution < 1.29 is 4.79 Å². The monoisotopic (exact) mass is 348 g/mol. The number of benzene rings is 1. The van der Waals surface area contributed by atoms with Gasteiger partial charge in [-0.15, -0.1) is 0 Å². The number of fused-ring (bicyclic) bond motifs is 1. The molecule has 0 saturated carbocycles. The summed E-state index contributed by atoms with van der Waals surface area (Å²) in [6.45, 7) is 8.84. The minimum atomic E-state index is -0.407. The number of ketones is 1. The average Bonchev–Trinajstić information content (AvgIpc) is 2.98. The van der Waals surface area contributed by atoms with Crippen LogP contribution >= 0.6 is 0 Å². The number of hydrogen-bond acceptors (Lipinski definition) is 2. The lowest BCUT2D eigenvalue weighted by molar-refractivity contribution is -0.118. The fourth-order valence-electron chi connectivity index (χ4n) is 5.19. The fourth-order valence-corrected chi connectivity index (χ4v) is 5.19. The smallest absolute Gasteiger partial charge is 0.160 e. The number of allylic oxidation sites excluding steroid dienone is 2. The van der Waals surface area contributed by atoms with Gasteiger partial charge in [0.05, 0.1) is 5.69 Å². The molecular formula is C23H28N2O. The molecule has 1 heterocycles. The minimum absolute atomic E-state index is 0.0390. The Kier molecular flexibility index (Phi) is 3.94. The first-order valence-corrected chi connectivity index (χ1v) is 9.74. The molecule has 0 radical (unpaired) electrons. The van der Waals surface area contributed by atoms with E-state index in [0.717, 1.165) is 37.0 Å². The van der Waals surface area contributed by atoms with E-state index in [0.29, 0.717) is 12.2 Å². The van der Waals surface area contributed by atoms with E-state index in [1.54, 1.807) is 0 Å². The van der Waals surface area contributed by atoms with Crippen molar-refractivity contribution >= 4 is 5.78 Å². The second kappa shape index (κ2) is 5.94. The molecule has 136 valence electrons. The first kappa shape index (κ1) is 17.3. The number of aromatic nitrogens is 2. The predicted molar refractivity (Wildman–Crippen MR) is 104 cm³/mol. The maximum absolute atomic E-state index is 13.3. The van der Waals surface area contributed by atoms with Gasteiger partial charge in [0, 0.05) is 35.1 Å². The number of Topliss-reactive ketones (excluding diaryl/α,β-unsaturated/α-hetero) is 1. The second-order valence-electron chi connectivity index (χ2n) is 8.86. The van der Waals surface area contributed by atoms with Crippen LogP contribution in [0.3, 0.4) is 0 Å². The molecule has 1 N–H and O–H groups in total. The van der Waals surface area contributed by atoms with Crippen molar-refractivity contribution in [1.82, 2.24) is 10.2 Å². The van der Waals surface area contributed by atoms with Crippen molar-refractivity contribution in [3.8, 4) is 0 Å². The minimum Gasteiger partial charge on any atom is -0.294 e. The van der Waals surface area contributed by atoms with E-state index in [1.807, 2.05) is 6.07 Å². The van der Waals surface area contributed by atoms with Crippen LogP contribution in [-0.4, -0.2) is 16.0 Å². The predicted octanol–water partition coefficient (Wildman–Crippen LogP) is 4.91. The van der Waals surface area contributed by atoms with Crippen molar-refractivity contribution in [3.63, 3.8) is 0 Å². The van der Waals surface area contributed by atoms with Crippen LogP contribution in [0.1, 0.15) is 69.5 Å². The summed E-state index contributed by atoms with van der Waals surface area (Å²) in [5.74, 6) is 0.317. The van der Waals surface area contributed by atoms with Crippen molar-refractivity contribution in [2.75, 3.05) is 0 Å². The van der Waals surface area contributed by atoms with E-state index in [2.05, 4.69) is 62.2 Å². The Labute approximate surface area is 155 Å². The Morgan fingerprint density at radius 2 is 1.85 bits per heavy atom. The lowest BCUT2D eigenvalue weighted by Crippen LogP contribution is -2.41. The highest BCUT2D eigenvalue weighted by atomic mass is 16.1. The SMILES string of the molecule is CCCc1n[nH]c2c1C(C)(c1ccccc1)C1=C(C2)CC(C)(C)CC1=O. The van der Waals surface area contributed by atoms with E-state index in [9.17, 15) is 4.79 Å². The third-order valence-corrected chi connectivity index (χ3v) is 6.11. The number of H-pyrrole nitrogens is 1. The molecule has 1 atom stereocenters. The van der Waals surface area contributed by atoms with Gasteiger partial charge in [-0.1, -0.05) is 63.1 Å². The fraction of sp³-hybridized carbons (Fsp3) is 0.478. The largest absolute Gasteiger partial charge is 0.294 e. The molecule has 1 unspecified atom stereocenters. The number of aryl methyl sites for hydroxylation is 1. The van der Waals surface area contributed by atoms with Gasteiger partial charge >= 0.3 is 0 Å². The van der Waals surface area contributed by atoms with Crippen molar-refractivity contribution in [2.45, 2.75) is 65.2 Å². The summed E-state index contributed by atoms with van der Waals surface area (Å²) < 4.78 is 0. The summed E-state index contributed by atoms with van der Waals surface area (Å²) in [6.07, 6.45) is 4.44. The molecule has 0 aliphatic heterocycles. The zero-order valence-corrected chi connectivity index (χ0v) is 16.3. The van der Waals surface area contributed by atoms with Gasteiger partial charge in [-0.3, -0.25) is 9.89 Å². The summed E-state index contributed by atoms with van der Waals surface area (Å²) in [5, 5.41) is 7.98. The zero-order valence-electron chi connectivity index (χ0n) is 16.3. The molecule has 3 heteroatoms. The summed E-state index contributed by atoms with van der Waals surface area (Å²) >= 11 is 0. The Hall–Kier alpha value is -2.16. The topological polar surface area (TPSA) is 45.8 Å². The molecule has 1 aromatic heterocycles. The van der Waals surface area contributed by atoms with Gasteiger partial charge in [0.1, 0.15) is 0 Å². The summed E-state index contributed by atoms with van der Waals surface area (Å²) in [4.78, 5) is 13.3. The van der Waals surface area contributed by atoms with Crippen molar-refractivity contribution in [2.24, 2.45) is 5.41 Å². The van der Waals surface area contributed by atoms with Crippen LogP contribution in [0.5, 0.6) is 0 Å². The molecule has 2 aliphatic rings. The van der Waals surface area contributed by atoms with Crippen LogP contribution in [0, 0.1) is 5.41 Å². The van der Waals surface area contributed by atoms with Crippen LogP contribution in [-0.2, 0) is 23.1 Å². The quantitative estimate of drug-likeness (QED) is 0.856. The highest BCUT2D eigenvalue weighted by Gasteiger charge is 2.48. The molecule has 0 amide bonds. The maximum atomic E-state index is 13.3. The van der Waals surface area contributed by atoms with Gasteiger partial charge in [0.25, 0.3) is 0 Å². The zero-order chi connectivity index (χ0) is 18.5. The Morgan fingerprint density at radius 3 is 2.54 bits per heavy atom. The lowest BCUT2D eigenvalue weighted by Gasteiger charge is -2.44. The van der Waals surface area contributed by atoms with E-state index in [-0.39, 0.29) is 5.41 Å². The van der Waals surface area contributed by atoms with Gasteiger partial charge in [0.15, 0.2) is 5.78 Å². The molecule has 26 heavy (non-hydrogen) atoms. The number of rotatable bonds is 3. The second-order valence-corrected chi connectivity index (χ2v) is 8.86. The summed E-state index contributed by atoms with van der Waals surface area (Å²) in [6, 6.07) is 10.5. The normalized spacial score (nSPS) is 24.4. The molecule has 1 aromatic carbocycles. The summed E-state index contributed by atoms with van der Waals surface area (Å²) in [5.41, 5.74) is 6.73. The molecule has 0 fully saturated rings. The first-order chi connectivity index (χ1) is 12.4. The van der Waals surface area contributed by atoms with Gasteiger partial charge < -0.3 is 0 Å².